The molecule has 3 rings (SSSR count). The van der Waals surface area contributed by atoms with Crippen LogP contribution in [-0.2, 0) is 6.54 Å². The van der Waals surface area contributed by atoms with Gasteiger partial charge in [-0.1, -0.05) is 24.3 Å². The van der Waals surface area contributed by atoms with E-state index in [4.69, 9.17) is 5.73 Å². The van der Waals surface area contributed by atoms with Crippen LogP contribution in [0.15, 0.2) is 24.3 Å². The van der Waals surface area contributed by atoms with Crippen LogP contribution in [0.1, 0.15) is 45.2 Å². The fourth-order valence-corrected chi connectivity index (χ4v) is 3.59. The second-order valence-electron chi connectivity index (χ2n) is 5.98. The Bertz CT molecular complexity index is 934. The third-order valence-corrected chi connectivity index (χ3v) is 5.32. The van der Waals surface area contributed by atoms with Crippen LogP contribution in [0.5, 0.6) is 0 Å². The number of alkyl halides is 1. The van der Waals surface area contributed by atoms with Gasteiger partial charge in [-0.3, -0.25) is 4.79 Å². The highest BCUT2D eigenvalue weighted by molar-refractivity contribution is 7.21. The highest BCUT2D eigenvalue weighted by Gasteiger charge is 2.19. The maximum absolute atomic E-state index is 13.2. The number of nitrogens with two attached hydrogens (primary N) is 1. The van der Waals surface area contributed by atoms with E-state index in [-0.39, 0.29) is 5.91 Å². The number of hydrogen-bond donors (Lipinski definition) is 2. The normalized spacial score (nSPS) is 12.3. The quantitative estimate of drug-likeness (QED) is 0.742. The van der Waals surface area contributed by atoms with Crippen molar-refractivity contribution in [1.82, 2.24) is 15.5 Å². The predicted molar refractivity (Wildman–Crippen MR) is 98.4 cm³/mol. The molecule has 0 radical (unpaired) electrons. The van der Waals surface area contributed by atoms with E-state index in [0.29, 0.717) is 27.5 Å². The lowest BCUT2D eigenvalue weighted by Crippen LogP contribution is -2.22. The first-order valence-electron chi connectivity index (χ1n) is 7.91. The summed E-state index contributed by atoms with van der Waals surface area (Å²) < 4.78 is 13.2. The first kappa shape index (κ1) is 17.3. The van der Waals surface area contributed by atoms with Crippen molar-refractivity contribution >= 4 is 33.1 Å². The summed E-state index contributed by atoms with van der Waals surface area (Å²) in [6, 6.07) is 7.06. The first-order valence-corrected chi connectivity index (χ1v) is 8.73. The molecule has 0 spiro atoms. The van der Waals surface area contributed by atoms with E-state index >= 15 is 0 Å². The predicted octanol–water partition coefficient (Wildman–Crippen LogP) is 3.85. The summed E-state index contributed by atoms with van der Waals surface area (Å²) in [5, 5.41) is 11.8. The number of halogens is 1. The Hall–Kier alpha value is -2.54. The molecule has 1 amide bonds. The molecule has 130 valence electrons. The minimum atomic E-state index is -1.00. The lowest BCUT2D eigenvalue weighted by atomic mass is 10.1. The number of carbonyl (C=O) groups excluding carboxylic acids is 1. The Morgan fingerprint density at radius 3 is 2.60 bits per heavy atom. The minimum absolute atomic E-state index is 0.250. The highest BCUT2D eigenvalue weighted by atomic mass is 32.1. The van der Waals surface area contributed by atoms with Gasteiger partial charge < -0.3 is 11.1 Å². The van der Waals surface area contributed by atoms with Gasteiger partial charge in [-0.25, -0.2) is 4.39 Å². The smallest absolute Gasteiger partial charge is 0.263 e. The second kappa shape index (κ2) is 6.76. The third-order valence-electron chi connectivity index (χ3n) is 4.23. The molecule has 0 bridgehead atoms. The van der Waals surface area contributed by atoms with Crippen molar-refractivity contribution in [2.75, 3.05) is 5.73 Å². The molecule has 1 unspecified atom stereocenters. The Balaban J connectivity index is 1.78. The Labute approximate surface area is 149 Å². The number of nitrogens with zero attached hydrogens (tertiary/aromatic N) is 2. The van der Waals surface area contributed by atoms with Crippen LogP contribution in [-0.4, -0.2) is 16.1 Å². The number of nitrogens with one attached hydrogen (secondary N) is 1. The zero-order chi connectivity index (χ0) is 18.1. The summed E-state index contributed by atoms with van der Waals surface area (Å²) >= 11 is 1.24. The van der Waals surface area contributed by atoms with Crippen molar-refractivity contribution in [1.29, 1.82) is 0 Å². The third kappa shape index (κ3) is 3.32. The number of fused-ring (bicyclic) bond motifs is 1. The summed E-state index contributed by atoms with van der Waals surface area (Å²) in [6.45, 7) is 5.62. The van der Waals surface area contributed by atoms with Crippen LogP contribution in [0.2, 0.25) is 0 Å². The molecule has 3 N–H and O–H groups in total. The van der Waals surface area contributed by atoms with Crippen molar-refractivity contribution in [3.05, 3.63) is 51.5 Å². The van der Waals surface area contributed by atoms with Gasteiger partial charge in [0, 0.05) is 11.9 Å². The Morgan fingerprint density at radius 1 is 1.28 bits per heavy atom. The van der Waals surface area contributed by atoms with Gasteiger partial charge in [0.1, 0.15) is 15.9 Å². The SMILES string of the molecule is Cc1nnc2sc(C(=O)NCc3ccc(C(C)F)cc3)c(N)c2c1C. The molecule has 0 aliphatic carbocycles. The van der Waals surface area contributed by atoms with E-state index in [1.807, 2.05) is 13.8 Å². The summed E-state index contributed by atoms with van der Waals surface area (Å²) in [6.07, 6.45) is -1.00. The number of amides is 1. The van der Waals surface area contributed by atoms with E-state index in [9.17, 15) is 9.18 Å². The zero-order valence-electron chi connectivity index (χ0n) is 14.3. The van der Waals surface area contributed by atoms with Gasteiger partial charge in [0.2, 0.25) is 0 Å². The highest BCUT2D eigenvalue weighted by Crippen LogP contribution is 2.34. The van der Waals surface area contributed by atoms with E-state index in [2.05, 4.69) is 15.5 Å². The number of carbonyl (C=O) groups is 1. The maximum Gasteiger partial charge on any atom is 0.263 e. The lowest BCUT2D eigenvalue weighted by Gasteiger charge is -2.07. The zero-order valence-corrected chi connectivity index (χ0v) is 15.1. The number of nitrogen functional groups attached to an aromatic ring is 1. The van der Waals surface area contributed by atoms with Gasteiger partial charge in [0.05, 0.1) is 11.4 Å². The fraction of sp³-hybridized carbons (Fsp3) is 0.278. The van der Waals surface area contributed by atoms with Crippen LogP contribution in [0.4, 0.5) is 10.1 Å². The van der Waals surface area contributed by atoms with Crippen molar-refractivity contribution in [3.63, 3.8) is 0 Å². The number of benzene rings is 1. The molecule has 2 aromatic heterocycles. The minimum Gasteiger partial charge on any atom is -0.397 e. The molecular weight excluding hydrogens is 339 g/mol. The molecule has 0 fully saturated rings. The standard InChI is InChI=1S/C18H19FN4OS/c1-9-11(3)22-23-18-14(9)15(20)16(25-18)17(24)21-8-12-4-6-13(7-5-12)10(2)19/h4-7,10H,8,20H2,1-3H3,(H,21,24). The molecule has 7 heteroatoms. The molecule has 0 aliphatic rings. The van der Waals surface area contributed by atoms with Crippen LogP contribution in [0.3, 0.4) is 0 Å². The molecule has 1 atom stereocenters. The average Bonchev–Trinajstić information content (AvgIpc) is 2.94. The summed E-state index contributed by atoms with van der Waals surface area (Å²) in [5.74, 6) is -0.250. The monoisotopic (exact) mass is 358 g/mol. The van der Waals surface area contributed by atoms with Gasteiger partial charge in [-0.05, 0) is 37.5 Å². The number of thiophene rings is 1. The first-order chi connectivity index (χ1) is 11.9. The van der Waals surface area contributed by atoms with Gasteiger partial charge >= 0.3 is 0 Å². The van der Waals surface area contributed by atoms with Gasteiger partial charge in [0.25, 0.3) is 5.91 Å². The lowest BCUT2D eigenvalue weighted by molar-refractivity contribution is 0.0956. The van der Waals surface area contributed by atoms with Gasteiger partial charge in [-0.2, -0.15) is 5.10 Å². The molecule has 0 aliphatic heterocycles. The molecule has 25 heavy (non-hydrogen) atoms. The van der Waals surface area contributed by atoms with E-state index in [1.54, 1.807) is 24.3 Å². The van der Waals surface area contributed by atoms with Crippen LogP contribution >= 0.6 is 11.3 Å². The molecule has 1 aromatic carbocycles. The van der Waals surface area contributed by atoms with Crippen molar-refractivity contribution in [3.8, 4) is 0 Å². The molecule has 5 nitrogen and oxygen atoms in total. The van der Waals surface area contributed by atoms with Crippen LogP contribution in [0.25, 0.3) is 10.2 Å². The molecule has 0 saturated heterocycles. The number of aromatic nitrogens is 2. The van der Waals surface area contributed by atoms with Crippen molar-refractivity contribution < 1.29 is 9.18 Å². The van der Waals surface area contributed by atoms with Crippen LogP contribution < -0.4 is 11.1 Å². The molecule has 2 heterocycles. The maximum atomic E-state index is 13.2. The number of aryl methyl sites for hydroxylation is 2. The van der Waals surface area contributed by atoms with E-state index in [1.165, 1.54) is 18.3 Å². The molecular formula is C18H19FN4OS. The van der Waals surface area contributed by atoms with Gasteiger partial charge in [-0.15, -0.1) is 16.4 Å². The van der Waals surface area contributed by atoms with E-state index < -0.39 is 6.17 Å². The summed E-state index contributed by atoms with van der Waals surface area (Å²) in [7, 11) is 0. The largest absolute Gasteiger partial charge is 0.397 e. The number of hydrogen-bond acceptors (Lipinski definition) is 5. The fourth-order valence-electron chi connectivity index (χ4n) is 2.57. The number of rotatable bonds is 4. The average molecular weight is 358 g/mol. The Morgan fingerprint density at radius 2 is 1.96 bits per heavy atom. The molecule has 0 saturated carbocycles. The topological polar surface area (TPSA) is 80.9 Å². The second-order valence-corrected chi connectivity index (χ2v) is 6.97. The summed E-state index contributed by atoms with van der Waals surface area (Å²) in [4.78, 5) is 13.6. The van der Waals surface area contributed by atoms with Gasteiger partial charge in [0.15, 0.2) is 0 Å². The van der Waals surface area contributed by atoms with Crippen molar-refractivity contribution in [2.24, 2.45) is 0 Å². The molecule has 3 aromatic rings. The van der Waals surface area contributed by atoms with Crippen molar-refractivity contribution in [2.45, 2.75) is 33.5 Å². The van der Waals surface area contributed by atoms with Crippen LogP contribution in [0, 0.1) is 13.8 Å². The number of anilines is 1. The Kier molecular flexibility index (Phi) is 4.67. The van der Waals surface area contributed by atoms with E-state index in [0.717, 1.165) is 22.2 Å². The summed E-state index contributed by atoms with van der Waals surface area (Å²) in [5.41, 5.74) is 9.86.